The van der Waals surface area contributed by atoms with E-state index in [1.807, 2.05) is 18.2 Å². The van der Waals surface area contributed by atoms with Crippen LogP contribution in [0, 0.1) is 0 Å². The van der Waals surface area contributed by atoms with E-state index in [1.165, 1.54) is 0 Å². The van der Waals surface area contributed by atoms with Crippen LogP contribution in [0.25, 0.3) is 0 Å². The van der Waals surface area contributed by atoms with Crippen molar-refractivity contribution in [2.24, 2.45) is 0 Å². The predicted octanol–water partition coefficient (Wildman–Crippen LogP) is 2.63. The molecule has 0 atom stereocenters. The Morgan fingerprint density at radius 3 is 2.61 bits per heavy atom. The van der Waals surface area contributed by atoms with Gasteiger partial charge in [0.25, 0.3) is 0 Å². The van der Waals surface area contributed by atoms with E-state index in [0.717, 1.165) is 23.6 Å². The van der Waals surface area contributed by atoms with Crippen LogP contribution >= 0.6 is 0 Å². The number of nitrogens with zero attached hydrogens (tertiary/aromatic N) is 3. The summed E-state index contributed by atoms with van der Waals surface area (Å²) in [5.41, 5.74) is 1.11. The maximum Gasteiger partial charge on any atom is 0.137 e. The van der Waals surface area contributed by atoms with Crippen LogP contribution < -0.4 is 4.74 Å². The Morgan fingerprint density at radius 2 is 1.94 bits per heavy atom. The first-order valence-electron chi connectivity index (χ1n) is 6.03. The third-order valence-corrected chi connectivity index (χ3v) is 2.88. The van der Waals surface area contributed by atoms with E-state index in [1.54, 1.807) is 13.4 Å². The average Bonchev–Trinajstić information content (AvgIpc) is 2.78. The van der Waals surface area contributed by atoms with E-state index in [4.69, 9.17) is 4.74 Å². The molecule has 0 aliphatic carbocycles. The van der Waals surface area contributed by atoms with Gasteiger partial charge in [0.1, 0.15) is 17.9 Å². The van der Waals surface area contributed by atoms with Gasteiger partial charge in [-0.1, -0.05) is 18.2 Å². The highest BCUT2D eigenvalue weighted by Crippen LogP contribution is 2.22. The quantitative estimate of drug-likeness (QED) is 0.834. The number of aromatic nitrogens is 3. The summed E-state index contributed by atoms with van der Waals surface area (Å²) >= 11 is 0. The van der Waals surface area contributed by atoms with E-state index in [2.05, 4.69) is 41.6 Å². The van der Waals surface area contributed by atoms with Crippen LogP contribution in [0.2, 0.25) is 0 Å². The first-order valence-corrected chi connectivity index (χ1v) is 6.03. The minimum Gasteiger partial charge on any atom is -0.496 e. The zero-order valence-corrected chi connectivity index (χ0v) is 11.3. The molecule has 1 aromatic carbocycles. The summed E-state index contributed by atoms with van der Waals surface area (Å²) in [5.74, 6) is 1.84. The Labute approximate surface area is 108 Å². The first kappa shape index (κ1) is 12.6. The number of rotatable bonds is 3. The summed E-state index contributed by atoms with van der Waals surface area (Å²) < 4.78 is 7.46. The van der Waals surface area contributed by atoms with E-state index in [-0.39, 0.29) is 5.54 Å². The molecule has 0 bridgehead atoms. The lowest BCUT2D eigenvalue weighted by Crippen LogP contribution is -2.23. The molecular weight excluding hydrogens is 226 g/mol. The molecule has 0 saturated carbocycles. The maximum absolute atomic E-state index is 5.36. The highest BCUT2D eigenvalue weighted by atomic mass is 16.5. The Kier molecular flexibility index (Phi) is 3.36. The van der Waals surface area contributed by atoms with Crippen LogP contribution in [0.15, 0.2) is 30.6 Å². The summed E-state index contributed by atoms with van der Waals surface area (Å²) in [6, 6.07) is 8.00. The van der Waals surface area contributed by atoms with Gasteiger partial charge in [-0.25, -0.2) is 0 Å². The van der Waals surface area contributed by atoms with Crippen molar-refractivity contribution in [3.8, 4) is 5.75 Å². The Balaban J connectivity index is 2.32. The van der Waals surface area contributed by atoms with Crippen molar-refractivity contribution in [3.63, 3.8) is 0 Å². The van der Waals surface area contributed by atoms with Gasteiger partial charge >= 0.3 is 0 Å². The highest BCUT2D eigenvalue weighted by molar-refractivity contribution is 5.35. The molecule has 0 fully saturated rings. The van der Waals surface area contributed by atoms with Crippen LogP contribution in [-0.4, -0.2) is 21.9 Å². The minimum atomic E-state index is -0.0130. The number of methoxy groups -OCH3 is 1. The number of hydrogen-bond acceptors (Lipinski definition) is 3. The van der Waals surface area contributed by atoms with Gasteiger partial charge in [0.2, 0.25) is 0 Å². The summed E-state index contributed by atoms with van der Waals surface area (Å²) in [7, 11) is 1.69. The zero-order valence-electron chi connectivity index (χ0n) is 11.3. The monoisotopic (exact) mass is 245 g/mol. The maximum atomic E-state index is 5.36. The molecule has 0 unspecified atom stereocenters. The van der Waals surface area contributed by atoms with Gasteiger partial charge < -0.3 is 9.30 Å². The van der Waals surface area contributed by atoms with Crippen LogP contribution in [0.5, 0.6) is 5.75 Å². The SMILES string of the molecule is COc1ccccc1Cc1nncn1C(C)(C)C. The molecule has 4 nitrogen and oxygen atoms in total. The normalized spacial score (nSPS) is 11.6. The lowest BCUT2D eigenvalue weighted by Gasteiger charge is -2.22. The van der Waals surface area contributed by atoms with Crippen molar-refractivity contribution < 1.29 is 4.74 Å². The second-order valence-electron chi connectivity index (χ2n) is 5.28. The van der Waals surface area contributed by atoms with Gasteiger partial charge in [0.15, 0.2) is 0 Å². The van der Waals surface area contributed by atoms with E-state index < -0.39 is 0 Å². The molecule has 2 aromatic rings. The van der Waals surface area contributed by atoms with E-state index >= 15 is 0 Å². The van der Waals surface area contributed by atoms with Crippen LogP contribution in [0.4, 0.5) is 0 Å². The Bertz CT molecular complexity index is 526. The summed E-state index contributed by atoms with van der Waals surface area (Å²) in [5, 5.41) is 8.22. The number of benzene rings is 1. The van der Waals surface area contributed by atoms with Gasteiger partial charge in [0, 0.05) is 17.5 Å². The topological polar surface area (TPSA) is 39.9 Å². The summed E-state index contributed by atoms with van der Waals surface area (Å²) in [6.07, 6.45) is 2.51. The van der Waals surface area contributed by atoms with Crippen molar-refractivity contribution in [1.82, 2.24) is 14.8 Å². The largest absolute Gasteiger partial charge is 0.496 e. The van der Waals surface area contributed by atoms with Crippen LogP contribution in [0.1, 0.15) is 32.2 Å². The summed E-state index contributed by atoms with van der Waals surface area (Å²) in [6.45, 7) is 6.42. The molecule has 18 heavy (non-hydrogen) atoms. The van der Waals surface area contributed by atoms with Crippen molar-refractivity contribution in [2.75, 3.05) is 7.11 Å². The Morgan fingerprint density at radius 1 is 1.22 bits per heavy atom. The molecule has 4 heteroatoms. The average molecular weight is 245 g/mol. The molecule has 1 aromatic heterocycles. The predicted molar refractivity (Wildman–Crippen MR) is 70.8 cm³/mol. The number of hydrogen-bond donors (Lipinski definition) is 0. The highest BCUT2D eigenvalue weighted by Gasteiger charge is 2.18. The van der Waals surface area contributed by atoms with Crippen molar-refractivity contribution in [3.05, 3.63) is 42.0 Å². The molecule has 0 spiro atoms. The fourth-order valence-electron chi connectivity index (χ4n) is 1.96. The van der Waals surface area contributed by atoms with E-state index in [0.29, 0.717) is 0 Å². The molecular formula is C14H19N3O. The van der Waals surface area contributed by atoms with Gasteiger partial charge in [-0.2, -0.15) is 0 Å². The van der Waals surface area contributed by atoms with Crippen LogP contribution in [-0.2, 0) is 12.0 Å². The number of para-hydroxylation sites is 1. The molecule has 2 rings (SSSR count). The molecule has 0 amide bonds. The van der Waals surface area contributed by atoms with Gasteiger partial charge in [-0.3, -0.25) is 0 Å². The summed E-state index contributed by atoms with van der Waals surface area (Å²) in [4.78, 5) is 0. The molecule has 0 N–H and O–H groups in total. The van der Waals surface area contributed by atoms with Crippen molar-refractivity contribution >= 4 is 0 Å². The fraction of sp³-hybridized carbons (Fsp3) is 0.429. The lowest BCUT2D eigenvalue weighted by atomic mass is 10.1. The second-order valence-corrected chi connectivity index (χ2v) is 5.28. The van der Waals surface area contributed by atoms with Gasteiger partial charge in [-0.15, -0.1) is 10.2 Å². The van der Waals surface area contributed by atoms with Crippen LogP contribution in [0.3, 0.4) is 0 Å². The van der Waals surface area contributed by atoms with E-state index in [9.17, 15) is 0 Å². The molecule has 1 heterocycles. The van der Waals surface area contributed by atoms with Crippen molar-refractivity contribution in [2.45, 2.75) is 32.7 Å². The van der Waals surface area contributed by atoms with Gasteiger partial charge in [0.05, 0.1) is 7.11 Å². The zero-order chi connectivity index (χ0) is 13.2. The smallest absolute Gasteiger partial charge is 0.137 e. The molecule has 96 valence electrons. The third-order valence-electron chi connectivity index (χ3n) is 2.88. The first-order chi connectivity index (χ1) is 8.52. The molecule has 0 aliphatic rings. The fourth-order valence-corrected chi connectivity index (χ4v) is 1.96. The second kappa shape index (κ2) is 4.80. The Hall–Kier alpha value is -1.84. The van der Waals surface area contributed by atoms with Crippen molar-refractivity contribution in [1.29, 1.82) is 0 Å². The molecule has 0 saturated heterocycles. The third kappa shape index (κ3) is 2.53. The number of ether oxygens (including phenoxy) is 1. The molecule has 0 radical (unpaired) electrons. The van der Waals surface area contributed by atoms with Gasteiger partial charge in [-0.05, 0) is 26.8 Å². The minimum absolute atomic E-state index is 0.0130. The molecule has 0 aliphatic heterocycles. The standard InChI is InChI=1S/C14H19N3O/c1-14(2,3)17-10-15-16-13(17)9-11-7-5-6-8-12(11)18-4/h5-8,10H,9H2,1-4H3. The lowest BCUT2D eigenvalue weighted by molar-refractivity contribution is 0.381.